The summed E-state index contributed by atoms with van der Waals surface area (Å²) in [4.78, 5) is 38.2. The number of carbonyl (C=O) groups excluding carboxylic acids is 3. The minimum atomic E-state index is -0.525. The first-order valence-corrected chi connectivity index (χ1v) is 9.41. The number of Topliss-reactive ketones (excluding diaryl/α,β-unsaturated/α-hetero) is 1. The monoisotopic (exact) mass is 447 g/mol. The molecule has 0 radical (unpaired) electrons. The first-order chi connectivity index (χ1) is 12.9. The topological polar surface area (TPSA) is 83.9 Å². The number of amides is 2. The maximum absolute atomic E-state index is 12.5. The lowest BCUT2D eigenvalue weighted by Crippen LogP contribution is -2.33. The average molecular weight is 448 g/mol. The molecule has 0 unspecified atom stereocenters. The maximum atomic E-state index is 12.5. The summed E-state index contributed by atoms with van der Waals surface area (Å²) in [5, 5.41) is 9.14. The predicted molar refractivity (Wildman–Crippen MR) is 106 cm³/mol. The summed E-state index contributed by atoms with van der Waals surface area (Å²) < 4.78 is 5.86. The molecule has 0 atom stereocenters. The van der Waals surface area contributed by atoms with E-state index in [0.717, 1.165) is 21.1 Å². The molecule has 3 rings (SSSR count). The molecule has 27 heavy (non-hydrogen) atoms. The number of hydrogen-bond acceptors (Lipinski definition) is 6. The smallest absolute Gasteiger partial charge is 0.293 e. The lowest BCUT2D eigenvalue weighted by Gasteiger charge is -2.11. The van der Waals surface area contributed by atoms with Crippen LogP contribution in [0.25, 0.3) is 6.08 Å². The summed E-state index contributed by atoms with van der Waals surface area (Å²) >= 11 is 4.06. The largest absolute Gasteiger partial charge is 0.504 e. The second kappa shape index (κ2) is 7.98. The van der Waals surface area contributed by atoms with E-state index < -0.39 is 11.1 Å². The Hall–Kier alpha value is -2.58. The predicted octanol–water partition coefficient (Wildman–Crippen LogP) is 4.08. The highest BCUT2D eigenvalue weighted by atomic mass is 79.9. The third-order valence-corrected chi connectivity index (χ3v) is 5.28. The van der Waals surface area contributed by atoms with Gasteiger partial charge in [-0.2, -0.15) is 0 Å². The van der Waals surface area contributed by atoms with E-state index in [9.17, 15) is 19.5 Å². The maximum Gasteiger partial charge on any atom is 0.293 e. The van der Waals surface area contributed by atoms with E-state index in [2.05, 4.69) is 15.9 Å². The number of carbonyl (C=O) groups is 3. The number of imide groups is 1. The Morgan fingerprint density at radius 3 is 2.59 bits per heavy atom. The van der Waals surface area contributed by atoms with Crippen LogP contribution < -0.4 is 4.74 Å². The third kappa shape index (κ3) is 4.23. The Kier molecular flexibility index (Phi) is 5.67. The van der Waals surface area contributed by atoms with Crippen LogP contribution in [0.4, 0.5) is 4.79 Å². The molecule has 2 amide bonds. The number of phenolic OH excluding ortho intramolecular Hbond substituents is 1. The average Bonchev–Trinajstić information content (AvgIpc) is 2.91. The fraction of sp³-hybridized carbons (Fsp3) is 0.105. The SMILES string of the molecule is COc1cc(/C=C2/SC(=O)N(CC(=O)c3ccc(Br)cc3)C2=O)ccc1O. The molecule has 1 aliphatic heterocycles. The highest BCUT2D eigenvalue weighted by Crippen LogP contribution is 2.34. The van der Waals surface area contributed by atoms with Crippen molar-refractivity contribution in [3.05, 3.63) is 63.0 Å². The summed E-state index contributed by atoms with van der Waals surface area (Å²) in [6.45, 7) is -0.317. The van der Waals surface area contributed by atoms with E-state index in [-0.39, 0.29) is 28.7 Å². The molecule has 0 bridgehead atoms. The third-order valence-electron chi connectivity index (χ3n) is 3.84. The van der Waals surface area contributed by atoms with E-state index in [1.807, 2.05) is 0 Å². The number of phenols is 1. The summed E-state index contributed by atoms with van der Waals surface area (Å²) in [6.07, 6.45) is 1.52. The van der Waals surface area contributed by atoms with Crippen molar-refractivity contribution in [2.45, 2.75) is 0 Å². The summed E-state index contributed by atoms with van der Waals surface area (Å²) in [7, 11) is 1.42. The van der Waals surface area contributed by atoms with Crippen LogP contribution in [0.5, 0.6) is 11.5 Å². The molecule has 0 aliphatic carbocycles. The van der Waals surface area contributed by atoms with Gasteiger partial charge in [0.1, 0.15) is 0 Å². The molecule has 1 fully saturated rings. The number of nitrogens with zero attached hydrogens (tertiary/aromatic N) is 1. The second-order valence-corrected chi connectivity index (χ2v) is 7.54. The molecule has 1 heterocycles. The zero-order chi connectivity index (χ0) is 19.6. The van der Waals surface area contributed by atoms with Crippen molar-refractivity contribution in [3.8, 4) is 11.5 Å². The van der Waals surface area contributed by atoms with Gasteiger partial charge in [-0.1, -0.05) is 34.1 Å². The van der Waals surface area contributed by atoms with Gasteiger partial charge in [-0.25, -0.2) is 0 Å². The molecule has 1 aliphatic rings. The molecule has 0 aromatic heterocycles. The van der Waals surface area contributed by atoms with Crippen molar-refractivity contribution in [2.24, 2.45) is 0 Å². The fourth-order valence-corrected chi connectivity index (χ4v) is 3.54. The van der Waals surface area contributed by atoms with Gasteiger partial charge in [-0.15, -0.1) is 0 Å². The second-order valence-electron chi connectivity index (χ2n) is 5.63. The molecule has 138 valence electrons. The van der Waals surface area contributed by atoms with Crippen LogP contribution in [0.15, 0.2) is 51.8 Å². The van der Waals surface area contributed by atoms with Gasteiger partial charge in [0.2, 0.25) is 0 Å². The van der Waals surface area contributed by atoms with Crippen molar-refractivity contribution in [1.82, 2.24) is 4.90 Å². The van der Waals surface area contributed by atoms with E-state index in [1.54, 1.807) is 36.4 Å². The molecular formula is C19H14BrNO5S. The standard InChI is InChI=1S/C19H14BrNO5S/c1-26-16-8-11(2-7-14(16)22)9-17-18(24)21(19(25)27-17)10-15(23)12-3-5-13(20)6-4-12/h2-9,22H,10H2,1H3/b17-9+. The Morgan fingerprint density at radius 2 is 1.93 bits per heavy atom. The van der Waals surface area contributed by atoms with Gasteiger partial charge in [0, 0.05) is 10.0 Å². The highest BCUT2D eigenvalue weighted by Gasteiger charge is 2.36. The Bertz CT molecular complexity index is 955. The zero-order valence-electron chi connectivity index (χ0n) is 14.1. The number of hydrogen-bond donors (Lipinski definition) is 1. The molecule has 2 aromatic rings. The molecule has 0 spiro atoms. The van der Waals surface area contributed by atoms with Gasteiger partial charge in [0.05, 0.1) is 18.6 Å². The number of benzene rings is 2. The lowest BCUT2D eigenvalue weighted by molar-refractivity contribution is -0.122. The van der Waals surface area contributed by atoms with Gasteiger partial charge in [-0.3, -0.25) is 19.3 Å². The van der Waals surface area contributed by atoms with Crippen LogP contribution >= 0.6 is 27.7 Å². The number of ketones is 1. The summed E-state index contributed by atoms with van der Waals surface area (Å²) in [5.41, 5.74) is 1.01. The molecule has 0 saturated carbocycles. The molecule has 6 nitrogen and oxygen atoms in total. The van der Waals surface area contributed by atoms with Crippen LogP contribution in [0, 0.1) is 0 Å². The van der Waals surface area contributed by atoms with Crippen molar-refractivity contribution in [3.63, 3.8) is 0 Å². The number of methoxy groups -OCH3 is 1. The summed E-state index contributed by atoms with van der Waals surface area (Å²) in [6, 6.07) is 11.3. The quantitative estimate of drug-likeness (QED) is 0.548. The number of aromatic hydroxyl groups is 1. The van der Waals surface area contributed by atoms with Crippen LogP contribution in [0.3, 0.4) is 0 Å². The van der Waals surface area contributed by atoms with Crippen LogP contribution in [0.2, 0.25) is 0 Å². The van der Waals surface area contributed by atoms with Crippen LogP contribution in [-0.2, 0) is 4.79 Å². The number of thioether (sulfide) groups is 1. The van der Waals surface area contributed by atoms with E-state index in [1.165, 1.54) is 19.3 Å². The first kappa shape index (κ1) is 19.2. The Balaban J connectivity index is 1.78. The number of ether oxygens (including phenoxy) is 1. The van der Waals surface area contributed by atoms with E-state index >= 15 is 0 Å². The van der Waals surface area contributed by atoms with Gasteiger partial charge in [0.25, 0.3) is 11.1 Å². The first-order valence-electron chi connectivity index (χ1n) is 7.80. The van der Waals surface area contributed by atoms with Crippen molar-refractivity contribution in [1.29, 1.82) is 0 Å². The molecule has 2 aromatic carbocycles. The fourth-order valence-electron chi connectivity index (χ4n) is 2.44. The Labute approximate surface area is 167 Å². The minimum absolute atomic E-state index is 0.0251. The van der Waals surface area contributed by atoms with Gasteiger partial charge in [0.15, 0.2) is 17.3 Å². The molecular weight excluding hydrogens is 434 g/mol. The highest BCUT2D eigenvalue weighted by molar-refractivity contribution is 9.10. The van der Waals surface area contributed by atoms with Crippen molar-refractivity contribution >= 4 is 50.7 Å². The van der Waals surface area contributed by atoms with Gasteiger partial charge < -0.3 is 9.84 Å². The van der Waals surface area contributed by atoms with Gasteiger partial charge in [-0.05, 0) is 47.7 Å². The van der Waals surface area contributed by atoms with E-state index in [0.29, 0.717) is 11.1 Å². The molecule has 8 heteroatoms. The molecule has 1 N–H and O–H groups in total. The van der Waals surface area contributed by atoms with Crippen molar-refractivity contribution in [2.75, 3.05) is 13.7 Å². The van der Waals surface area contributed by atoms with E-state index in [4.69, 9.17) is 4.74 Å². The van der Waals surface area contributed by atoms with Crippen LogP contribution in [0.1, 0.15) is 15.9 Å². The normalized spacial score (nSPS) is 15.5. The zero-order valence-corrected chi connectivity index (χ0v) is 16.5. The van der Waals surface area contributed by atoms with Crippen LogP contribution in [-0.4, -0.2) is 40.6 Å². The summed E-state index contributed by atoms with van der Waals surface area (Å²) in [5.74, 6) is -0.615. The van der Waals surface area contributed by atoms with Crippen molar-refractivity contribution < 1.29 is 24.2 Å². The minimum Gasteiger partial charge on any atom is -0.504 e. The number of rotatable bonds is 5. The number of halogens is 1. The molecule has 1 saturated heterocycles. The van der Waals surface area contributed by atoms with Gasteiger partial charge >= 0.3 is 0 Å². The Morgan fingerprint density at radius 1 is 1.22 bits per heavy atom. The lowest BCUT2D eigenvalue weighted by atomic mass is 10.1.